The number of piperidine rings is 1. The first kappa shape index (κ1) is 33.5. The molecule has 1 aromatic heterocycles. The molecule has 1 atom stereocenters. The fraction of sp³-hybridized carbons (Fsp3) is 0.706. The molecule has 1 aliphatic carbocycles. The van der Waals surface area contributed by atoms with Gasteiger partial charge < -0.3 is 20.2 Å². The average Bonchev–Trinajstić information content (AvgIpc) is 3.71. The zero-order valence-corrected chi connectivity index (χ0v) is 25.9. The van der Waals surface area contributed by atoms with Crippen LogP contribution in [0.15, 0.2) is 30.5 Å². The zero-order valence-electron chi connectivity index (χ0n) is 25.9. The number of anilines is 1. The van der Waals surface area contributed by atoms with Gasteiger partial charge in [-0.3, -0.25) is 9.78 Å². The molecule has 2 aliphatic heterocycles. The number of nitrogens with zero attached hydrogens (tertiary/aromatic N) is 3. The Morgan fingerprint density at radius 1 is 0.953 bits per heavy atom. The largest absolute Gasteiger partial charge is 0.481 e. The Balaban J connectivity index is 0.000000199. The summed E-state index contributed by atoms with van der Waals surface area (Å²) >= 11 is 0. The number of rotatable bonds is 14. The molecule has 43 heavy (non-hydrogen) atoms. The predicted octanol–water partition coefficient (Wildman–Crippen LogP) is 7.76. The van der Waals surface area contributed by atoms with Gasteiger partial charge in [-0.1, -0.05) is 51.9 Å². The minimum atomic E-state index is -4.46. The highest BCUT2D eigenvalue weighted by Gasteiger charge is 2.34. The third-order valence-electron chi connectivity index (χ3n) is 9.19. The lowest BCUT2D eigenvalue weighted by molar-refractivity contribution is -0.142. The van der Waals surface area contributed by atoms with Crippen molar-refractivity contribution in [2.45, 2.75) is 103 Å². The average molecular weight is 605 g/mol. The molecular formula is C34H51F3N4O2. The van der Waals surface area contributed by atoms with Crippen molar-refractivity contribution in [1.29, 1.82) is 0 Å². The molecule has 2 saturated heterocycles. The maximum Gasteiger partial charge on any atom is 0.418 e. The Morgan fingerprint density at radius 3 is 2.30 bits per heavy atom. The number of hydrogen-bond donors (Lipinski definition) is 2. The van der Waals surface area contributed by atoms with E-state index < -0.39 is 17.7 Å². The molecule has 3 aliphatic rings. The molecule has 0 amide bonds. The van der Waals surface area contributed by atoms with Gasteiger partial charge in [-0.2, -0.15) is 13.2 Å². The molecule has 3 heterocycles. The van der Waals surface area contributed by atoms with Crippen LogP contribution in [0, 0.1) is 11.8 Å². The van der Waals surface area contributed by atoms with E-state index in [9.17, 15) is 18.0 Å². The molecule has 9 heteroatoms. The summed E-state index contributed by atoms with van der Waals surface area (Å²) < 4.78 is 39.3. The highest BCUT2D eigenvalue weighted by atomic mass is 19.4. The number of pyridine rings is 1. The van der Waals surface area contributed by atoms with Crippen LogP contribution < -0.4 is 10.2 Å². The van der Waals surface area contributed by atoms with Crippen molar-refractivity contribution in [3.8, 4) is 0 Å². The molecule has 6 nitrogen and oxygen atoms in total. The van der Waals surface area contributed by atoms with Gasteiger partial charge in [0.05, 0.1) is 17.0 Å². The summed E-state index contributed by atoms with van der Waals surface area (Å²) in [5, 5.41) is 13.3. The van der Waals surface area contributed by atoms with E-state index in [1.165, 1.54) is 109 Å². The maximum atomic E-state index is 13.1. The lowest BCUT2D eigenvalue weighted by Crippen LogP contribution is -2.36. The van der Waals surface area contributed by atoms with Gasteiger partial charge in [0.2, 0.25) is 0 Å². The molecule has 3 fully saturated rings. The molecule has 2 aromatic rings. The minimum Gasteiger partial charge on any atom is -0.481 e. The van der Waals surface area contributed by atoms with Crippen molar-refractivity contribution >= 4 is 22.6 Å². The molecule has 2 N–H and O–H groups in total. The van der Waals surface area contributed by atoms with Crippen molar-refractivity contribution in [1.82, 2.24) is 15.2 Å². The number of likely N-dealkylation sites (tertiary alicyclic amines) is 1. The second kappa shape index (κ2) is 16.6. The Labute approximate surface area is 255 Å². The number of fused-ring (bicyclic) bond motifs is 1. The zero-order chi connectivity index (χ0) is 30.7. The van der Waals surface area contributed by atoms with E-state index in [2.05, 4.69) is 22.1 Å². The van der Waals surface area contributed by atoms with Crippen molar-refractivity contribution < 1.29 is 23.1 Å². The smallest absolute Gasteiger partial charge is 0.418 e. The van der Waals surface area contributed by atoms with Gasteiger partial charge in [0.1, 0.15) is 0 Å². The summed E-state index contributed by atoms with van der Waals surface area (Å²) in [6, 6.07) is 6.52. The van der Waals surface area contributed by atoms with E-state index in [0.717, 1.165) is 18.0 Å². The van der Waals surface area contributed by atoms with Crippen LogP contribution >= 0.6 is 0 Å². The minimum absolute atomic E-state index is 0.0714. The van der Waals surface area contributed by atoms with E-state index in [1.54, 1.807) is 12.1 Å². The number of aromatic nitrogens is 1. The van der Waals surface area contributed by atoms with Crippen LogP contribution in [0.25, 0.3) is 10.9 Å². The number of benzene rings is 1. The lowest BCUT2D eigenvalue weighted by atomic mass is 9.96. The second-order valence-corrected chi connectivity index (χ2v) is 12.7. The first-order valence-electron chi connectivity index (χ1n) is 16.6. The number of hydrogen-bond acceptors (Lipinski definition) is 5. The van der Waals surface area contributed by atoms with E-state index in [0.29, 0.717) is 37.0 Å². The summed E-state index contributed by atoms with van der Waals surface area (Å²) in [7, 11) is 0. The van der Waals surface area contributed by atoms with Gasteiger partial charge in [-0.25, -0.2) is 0 Å². The molecule has 1 aromatic carbocycles. The van der Waals surface area contributed by atoms with Crippen LogP contribution in [0.1, 0.15) is 96.0 Å². The van der Waals surface area contributed by atoms with Crippen molar-refractivity contribution in [3.63, 3.8) is 0 Å². The molecule has 0 spiro atoms. The molecule has 240 valence electrons. The predicted molar refractivity (Wildman–Crippen MR) is 167 cm³/mol. The lowest BCUT2D eigenvalue weighted by Gasteiger charge is -2.33. The van der Waals surface area contributed by atoms with Gasteiger partial charge in [-0.15, -0.1) is 0 Å². The van der Waals surface area contributed by atoms with Gasteiger partial charge in [0, 0.05) is 49.5 Å². The highest BCUT2D eigenvalue weighted by molar-refractivity contribution is 5.94. The van der Waals surface area contributed by atoms with E-state index in [1.807, 2.05) is 4.90 Å². The highest BCUT2D eigenvalue weighted by Crippen LogP contribution is 2.38. The van der Waals surface area contributed by atoms with Gasteiger partial charge in [0.15, 0.2) is 0 Å². The maximum absolute atomic E-state index is 13.1. The van der Waals surface area contributed by atoms with Crippen LogP contribution in [0.5, 0.6) is 0 Å². The SMILES string of the molecule is CCCCCCCCCCN[C@@H]1CCN(CC2CC2)C1.O=C(O)C1CCN(c2ccc(C(F)(F)F)c3ncccc23)CC1. The number of carboxylic acid groups (broad SMARTS) is 1. The van der Waals surface area contributed by atoms with E-state index in [4.69, 9.17) is 5.11 Å². The number of aliphatic carboxylic acids is 1. The number of halogens is 3. The fourth-order valence-electron chi connectivity index (χ4n) is 6.43. The summed E-state index contributed by atoms with van der Waals surface area (Å²) in [5.74, 6) is -0.143. The fourth-order valence-corrected chi connectivity index (χ4v) is 6.43. The van der Waals surface area contributed by atoms with E-state index in [-0.39, 0.29) is 11.4 Å². The van der Waals surface area contributed by atoms with Crippen molar-refractivity contribution in [3.05, 3.63) is 36.0 Å². The summed E-state index contributed by atoms with van der Waals surface area (Å²) in [6.07, 6.45) is 13.6. The van der Waals surface area contributed by atoms with E-state index >= 15 is 0 Å². The van der Waals surface area contributed by atoms with Crippen molar-refractivity contribution in [2.75, 3.05) is 44.2 Å². The van der Waals surface area contributed by atoms with Gasteiger partial charge in [0.25, 0.3) is 0 Å². The molecule has 0 unspecified atom stereocenters. The molecule has 0 bridgehead atoms. The van der Waals surface area contributed by atoms with Crippen LogP contribution in [-0.2, 0) is 11.0 Å². The number of alkyl halides is 3. The summed E-state index contributed by atoms with van der Waals surface area (Å²) in [5.41, 5.74) is -0.153. The number of carboxylic acids is 1. The number of carbonyl (C=O) groups is 1. The Kier molecular flexibility index (Phi) is 12.9. The quantitative estimate of drug-likeness (QED) is 0.215. The number of nitrogens with one attached hydrogen (secondary N) is 1. The van der Waals surface area contributed by atoms with Crippen LogP contribution in [0.4, 0.5) is 18.9 Å². The molecule has 0 radical (unpaired) electrons. The third kappa shape index (κ3) is 10.6. The summed E-state index contributed by atoms with van der Waals surface area (Å²) in [6.45, 7) is 8.59. The van der Waals surface area contributed by atoms with Gasteiger partial charge in [-0.05, 0) is 81.8 Å². The summed E-state index contributed by atoms with van der Waals surface area (Å²) in [4.78, 5) is 19.5. The first-order chi connectivity index (χ1) is 20.8. The molecule has 1 saturated carbocycles. The monoisotopic (exact) mass is 604 g/mol. The van der Waals surface area contributed by atoms with Crippen LogP contribution in [-0.4, -0.2) is 66.3 Å². The third-order valence-corrected chi connectivity index (χ3v) is 9.19. The van der Waals surface area contributed by atoms with Crippen LogP contribution in [0.3, 0.4) is 0 Å². The number of unbranched alkanes of at least 4 members (excludes halogenated alkanes) is 7. The molecular weight excluding hydrogens is 553 g/mol. The second-order valence-electron chi connectivity index (χ2n) is 12.7. The first-order valence-corrected chi connectivity index (χ1v) is 16.6. The topological polar surface area (TPSA) is 68.7 Å². The van der Waals surface area contributed by atoms with Crippen molar-refractivity contribution in [2.24, 2.45) is 11.8 Å². The Hall–Kier alpha value is -2.39. The normalized spacial score (nSPS) is 19.9. The Morgan fingerprint density at radius 2 is 1.65 bits per heavy atom. The van der Waals surface area contributed by atoms with Crippen LogP contribution in [0.2, 0.25) is 0 Å². The van der Waals surface area contributed by atoms with Gasteiger partial charge >= 0.3 is 12.1 Å². The Bertz CT molecular complexity index is 1130. The molecule has 5 rings (SSSR count). The standard InChI is InChI=1S/C18H36N2.C16H15F3N2O2/c1-2-3-4-5-6-7-8-9-13-19-18-12-14-20(16-18)15-17-10-11-17;17-16(18,19)12-3-4-13(11-2-1-7-20-14(11)12)21-8-5-10(6-9-21)15(22)23/h17-19H,2-16H2,1H3;1-4,7,10H,5-6,8-9H2,(H,22,23)/t18-;/m1./s1.